The predicted octanol–water partition coefficient (Wildman–Crippen LogP) is 0.996. The Labute approximate surface area is 145 Å². The summed E-state index contributed by atoms with van der Waals surface area (Å²) in [6, 6.07) is 6.52. The van der Waals surface area contributed by atoms with Gasteiger partial charge in [-0.25, -0.2) is 4.98 Å². The smallest absolute Gasteiger partial charge is 0.237 e. The molecule has 0 spiro atoms. The van der Waals surface area contributed by atoms with Crippen LogP contribution in [0.4, 0.5) is 0 Å². The molecule has 0 bridgehead atoms. The first-order valence-electron chi connectivity index (χ1n) is 8.13. The maximum absolute atomic E-state index is 12.3. The number of benzene rings is 1. The molecule has 0 saturated carbocycles. The van der Waals surface area contributed by atoms with Crippen LogP contribution in [0, 0.1) is 6.92 Å². The Morgan fingerprint density at radius 2 is 2.16 bits per heavy atom. The highest BCUT2D eigenvalue weighted by molar-refractivity contribution is 5.87. The van der Waals surface area contributed by atoms with Gasteiger partial charge in [-0.3, -0.25) is 4.79 Å². The maximum atomic E-state index is 12.3. The maximum Gasteiger partial charge on any atom is 0.237 e. The Balaban J connectivity index is 1.68. The quantitative estimate of drug-likeness (QED) is 0.480. The normalized spacial score (nSPS) is 13.5. The number of aromatic amines is 2. The third-order valence-electron chi connectivity index (χ3n) is 4.27. The number of aromatic nitrogens is 3. The van der Waals surface area contributed by atoms with E-state index in [1.54, 1.807) is 6.20 Å². The molecule has 0 aliphatic heterocycles. The van der Waals surface area contributed by atoms with Crippen molar-refractivity contribution < 1.29 is 9.59 Å². The number of rotatable bonds is 7. The summed E-state index contributed by atoms with van der Waals surface area (Å²) in [6.07, 6.45) is 4.67. The fraction of sp³-hybridized carbons (Fsp3) is 0.278. The van der Waals surface area contributed by atoms with Gasteiger partial charge < -0.3 is 25.8 Å². The number of carbonyl (C=O) groups is 2. The second-order valence-corrected chi connectivity index (χ2v) is 6.12. The van der Waals surface area contributed by atoms with Crippen LogP contribution in [0.5, 0.6) is 0 Å². The van der Waals surface area contributed by atoms with Crippen molar-refractivity contribution >= 4 is 23.1 Å². The summed E-state index contributed by atoms with van der Waals surface area (Å²) in [7, 11) is 0. The molecule has 25 heavy (non-hydrogen) atoms. The molecule has 7 nitrogen and oxygen atoms in total. The molecular formula is C18H21N5O2. The highest BCUT2D eigenvalue weighted by atomic mass is 16.2. The van der Waals surface area contributed by atoms with E-state index >= 15 is 0 Å². The predicted molar refractivity (Wildman–Crippen MR) is 95.0 cm³/mol. The van der Waals surface area contributed by atoms with Crippen molar-refractivity contribution in [2.75, 3.05) is 0 Å². The molecule has 2 aromatic heterocycles. The van der Waals surface area contributed by atoms with Gasteiger partial charge in [-0.15, -0.1) is 0 Å². The zero-order chi connectivity index (χ0) is 17.8. The zero-order valence-electron chi connectivity index (χ0n) is 14.0. The Morgan fingerprint density at radius 3 is 2.88 bits per heavy atom. The largest absolute Gasteiger partial charge is 0.358 e. The van der Waals surface area contributed by atoms with Crippen molar-refractivity contribution in [1.29, 1.82) is 0 Å². The molecule has 130 valence electrons. The number of imidazole rings is 1. The first-order chi connectivity index (χ1) is 12.1. The Bertz CT molecular complexity index is 869. The highest BCUT2D eigenvalue weighted by Gasteiger charge is 2.20. The second-order valence-electron chi connectivity index (χ2n) is 6.12. The number of hydrogen-bond donors (Lipinski definition) is 4. The van der Waals surface area contributed by atoms with Crippen LogP contribution in [-0.2, 0) is 22.4 Å². The topological polar surface area (TPSA) is 117 Å². The number of para-hydroxylation sites is 1. The first kappa shape index (κ1) is 16.9. The van der Waals surface area contributed by atoms with Crippen molar-refractivity contribution in [1.82, 2.24) is 20.3 Å². The van der Waals surface area contributed by atoms with Crippen LogP contribution >= 0.6 is 0 Å². The molecule has 2 atom stereocenters. The van der Waals surface area contributed by atoms with Gasteiger partial charge in [0, 0.05) is 41.3 Å². The standard InChI is InChI=1S/C18H21N5O2/c1-11-15(14-4-2-3-5-17(14)22-11)6-13(9-24)23-18(25)16(19)7-12-8-20-10-21-12/h2-5,8-10,13,16,22H,6-7,19H2,1H3,(H,20,21)(H,23,25)/t13-,16+/m1/s1. The summed E-state index contributed by atoms with van der Waals surface area (Å²) in [6.45, 7) is 1.96. The van der Waals surface area contributed by atoms with Gasteiger partial charge in [-0.1, -0.05) is 18.2 Å². The van der Waals surface area contributed by atoms with Crippen LogP contribution in [0.3, 0.4) is 0 Å². The minimum absolute atomic E-state index is 0.337. The van der Waals surface area contributed by atoms with E-state index in [-0.39, 0.29) is 5.91 Å². The third kappa shape index (κ3) is 3.77. The van der Waals surface area contributed by atoms with Crippen molar-refractivity contribution in [2.24, 2.45) is 5.73 Å². The van der Waals surface area contributed by atoms with E-state index in [2.05, 4.69) is 20.3 Å². The van der Waals surface area contributed by atoms with Gasteiger partial charge in [-0.2, -0.15) is 0 Å². The molecule has 0 saturated heterocycles. The van der Waals surface area contributed by atoms with E-state index in [4.69, 9.17) is 5.73 Å². The van der Waals surface area contributed by atoms with E-state index in [9.17, 15) is 9.59 Å². The van der Waals surface area contributed by atoms with Crippen molar-refractivity contribution in [3.63, 3.8) is 0 Å². The molecule has 0 radical (unpaired) electrons. The van der Waals surface area contributed by atoms with Crippen LogP contribution in [0.25, 0.3) is 10.9 Å². The van der Waals surface area contributed by atoms with Gasteiger partial charge in [0.2, 0.25) is 5.91 Å². The zero-order valence-corrected chi connectivity index (χ0v) is 14.0. The van der Waals surface area contributed by atoms with Crippen LogP contribution in [-0.4, -0.2) is 39.2 Å². The lowest BCUT2D eigenvalue weighted by molar-refractivity contribution is -0.125. The number of H-pyrrole nitrogens is 2. The Kier molecular flexibility index (Phi) is 4.95. The number of carbonyl (C=O) groups excluding carboxylic acids is 2. The van der Waals surface area contributed by atoms with Gasteiger partial charge in [0.1, 0.15) is 6.29 Å². The molecule has 7 heteroatoms. The number of aryl methyl sites for hydroxylation is 1. The van der Waals surface area contributed by atoms with Gasteiger partial charge >= 0.3 is 0 Å². The van der Waals surface area contributed by atoms with Crippen LogP contribution in [0.2, 0.25) is 0 Å². The molecule has 2 heterocycles. The SMILES string of the molecule is Cc1[nH]c2ccccc2c1C[C@H](C=O)NC(=O)[C@@H](N)Cc1cnc[nH]1. The minimum atomic E-state index is -0.744. The van der Waals surface area contributed by atoms with Crippen molar-refractivity contribution in [3.05, 3.63) is 53.7 Å². The third-order valence-corrected chi connectivity index (χ3v) is 4.27. The number of hydrogen-bond acceptors (Lipinski definition) is 4. The average Bonchev–Trinajstić information content (AvgIpc) is 3.22. The molecule has 1 amide bonds. The summed E-state index contributed by atoms with van der Waals surface area (Å²) in [5.41, 5.74) is 9.73. The van der Waals surface area contributed by atoms with E-state index < -0.39 is 12.1 Å². The number of nitrogens with zero attached hydrogens (tertiary/aromatic N) is 1. The molecule has 0 aliphatic carbocycles. The highest BCUT2D eigenvalue weighted by Crippen LogP contribution is 2.22. The van der Waals surface area contributed by atoms with E-state index in [0.29, 0.717) is 12.8 Å². The molecule has 0 fully saturated rings. The summed E-state index contributed by atoms with van der Waals surface area (Å²) in [5.74, 6) is -0.357. The Morgan fingerprint density at radius 1 is 1.36 bits per heavy atom. The van der Waals surface area contributed by atoms with Crippen molar-refractivity contribution in [3.8, 4) is 0 Å². The van der Waals surface area contributed by atoms with Crippen LogP contribution in [0.15, 0.2) is 36.8 Å². The monoisotopic (exact) mass is 339 g/mol. The number of aldehydes is 1. The van der Waals surface area contributed by atoms with Gasteiger partial charge in [0.05, 0.1) is 18.4 Å². The molecule has 5 N–H and O–H groups in total. The molecule has 3 aromatic rings. The van der Waals surface area contributed by atoms with E-state index in [1.165, 1.54) is 6.33 Å². The van der Waals surface area contributed by atoms with Gasteiger partial charge in [-0.05, 0) is 18.6 Å². The number of amides is 1. The summed E-state index contributed by atoms with van der Waals surface area (Å²) in [5, 5.41) is 3.79. The van der Waals surface area contributed by atoms with Gasteiger partial charge in [0.15, 0.2) is 0 Å². The lowest BCUT2D eigenvalue weighted by atomic mass is 10.0. The number of nitrogens with one attached hydrogen (secondary N) is 3. The molecule has 3 rings (SSSR count). The average molecular weight is 339 g/mol. The van der Waals surface area contributed by atoms with E-state index in [1.807, 2.05) is 31.2 Å². The molecule has 0 unspecified atom stereocenters. The summed E-state index contributed by atoms with van der Waals surface area (Å²) < 4.78 is 0. The summed E-state index contributed by atoms with van der Waals surface area (Å²) >= 11 is 0. The summed E-state index contributed by atoms with van der Waals surface area (Å²) in [4.78, 5) is 33.9. The minimum Gasteiger partial charge on any atom is -0.358 e. The van der Waals surface area contributed by atoms with Crippen LogP contribution < -0.4 is 11.1 Å². The fourth-order valence-electron chi connectivity index (χ4n) is 2.97. The fourth-order valence-corrected chi connectivity index (χ4v) is 2.97. The first-order valence-corrected chi connectivity index (χ1v) is 8.13. The molecule has 1 aromatic carbocycles. The van der Waals surface area contributed by atoms with Gasteiger partial charge in [0.25, 0.3) is 0 Å². The molecular weight excluding hydrogens is 318 g/mol. The number of fused-ring (bicyclic) bond motifs is 1. The molecule has 0 aliphatic rings. The van der Waals surface area contributed by atoms with E-state index in [0.717, 1.165) is 34.1 Å². The lowest BCUT2D eigenvalue weighted by Gasteiger charge is -2.16. The van der Waals surface area contributed by atoms with Crippen LogP contribution in [0.1, 0.15) is 17.0 Å². The number of nitrogens with two attached hydrogens (primary N) is 1. The van der Waals surface area contributed by atoms with Crippen molar-refractivity contribution in [2.45, 2.75) is 31.8 Å². The Hall–Kier alpha value is -2.93. The lowest BCUT2D eigenvalue weighted by Crippen LogP contribution is -2.47. The second kappa shape index (κ2) is 7.31.